The van der Waals surface area contributed by atoms with Crippen LogP contribution in [0.15, 0.2) is 36.7 Å². The highest BCUT2D eigenvalue weighted by atomic mass is 16.5. The number of hydrogen-bond donors (Lipinski definition) is 1. The largest absolute Gasteiger partial charge is 0.494 e. The molecule has 1 fully saturated rings. The molecule has 0 unspecified atom stereocenters. The van der Waals surface area contributed by atoms with Gasteiger partial charge in [0.2, 0.25) is 0 Å². The van der Waals surface area contributed by atoms with E-state index in [1.54, 1.807) is 26.1 Å². The highest BCUT2D eigenvalue weighted by molar-refractivity contribution is 5.92. The van der Waals surface area contributed by atoms with Crippen LogP contribution in [0.2, 0.25) is 0 Å². The van der Waals surface area contributed by atoms with Crippen LogP contribution < -0.4 is 4.74 Å². The normalized spacial score (nSPS) is 15.9. The Kier molecular flexibility index (Phi) is 5.62. The molecule has 1 aliphatic heterocycles. The molecule has 0 radical (unpaired) electrons. The predicted molar refractivity (Wildman–Crippen MR) is 138 cm³/mol. The van der Waals surface area contributed by atoms with Crippen molar-refractivity contribution in [1.29, 1.82) is 0 Å². The molecule has 9 nitrogen and oxygen atoms in total. The summed E-state index contributed by atoms with van der Waals surface area (Å²) in [4.78, 5) is 20.9. The molecular formula is C27H31N7O2. The summed E-state index contributed by atoms with van der Waals surface area (Å²) in [5.74, 6) is 0.743. The summed E-state index contributed by atoms with van der Waals surface area (Å²) in [6.07, 6.45) is 9.02. The van der Waals surface area contributed by atoms with E-state index in [0.29, 0.717) is 0 Å². The van der Waals surface area contributed by atoms with Gasteiger partial charge in [0.05, 0.1) is 24.9 Å². The van der Waals surface area contributed by atoms with Crippen LogP contribution in [0.3, 0.4) is 0 Å². The number of benzene rings is 1. The van der Waals surface area contributed by atoms with Gasteiger partial charge in [0.25, 0.3) is 0 Å². The maximum Gasteiger partial charge on any atom is 0.319 e. The van der Waals surface area contributed by atoms with E-state index >= 15 is 0 Å². The van der Waals surface area contributed by atoms with Crippen molar-refractivity contribution in [3.8, 4) is 28.3 Å². The van der Waals surface area contributed by atoms with Crippen molar-refractivity contribution >= 4 is 17.1 Å². The Morgan fingerprint density at radius 1 is 1.17 bits per heavy atom. The van der Waals surface area contributed by atoms with E-state index in [9.17, 15) is 4.79 Å². The second kappa shape index (κ2) is 8.96. The van der Waals surface area contributed by atoms with Gasteiger partial charge in [-0.2, -0.15) is 10.2 Å². The molecule has 1 N–H and O–H groups in total. The molecule has 3 aromatic heterocycles. The summed E-state index contributed by atoms with van der Waals surface area (Å²) in [6, 6.07) is 8.79. The van der Waals surface area contributed by atoms with Gasteiger partial charge in [-0.05, 0) is 43.2 Å². The molecule has 1 aliphatic carbocycles. The first-order valence-corrected chi connectivity index (χ1v) is 12.6. The molecule has 6 rings (SSSR count). The molecule has 186 valence electrons. The van der Waals surface area contributed by atoms with Gasteiger partial charge in [-0.3, -0.25) is 9.78 Å². The minimum Gasteiger partial charge on any atom is -0.494 e. The van der Waals surface area contributed by atoms with Crippen LogP contribution in [-0.2, 0) is 12.8 Å². The van der Waals surface area contributed by atoms with Crippen molar-refractivity contribution in [3.63, 3.8) is 0 Å². The maximum atomic E-state index is 12.3. The SMILES string of the molecule is COc1cc2[nH]nc(-c3cnn(C4CCN(C(=O)N(C)C)CC4)c3)c2nc1-c1cccc2c1CCC2. The number of piperidine rings is 1. The van der Waals surface area contributed by atoms with Gasteiger partial charge in [-0.1, -0.05) is 18.2 Å². The standard InChI is InChI=1S/C27H31N7O2/c1-32(2)27(35)33-12-10-19(11-13-33)34-16-18(15-28-34)24-26-22(30-31-24)14-23(36-3)25(29-26)21-9-5-7-17-6-4-8-20(17)21/h5,7,9,14-16,19H,4,6,8,10-13H2,1-3H3,(H,30,31). The Hall–Kier alpha value is -3.88. The van der Waals surface area contributed by atoms with E-state index < -0.39 is 0 Å². The number of aromatic nitrogens is 5. The molecular weight excluding hydrogens is 454 g/mol. The monoisotopic (exact) mass is 485 g/mol. The Bertz CT molecular complexity index is 1430. The number of nitrogens with one attached hydrogen (secondary N) is 1. The molecule has 0 bridgehead atoms. The number of methoxy groups -OCH3 is 1. The number of aryl methyl sites for hydroxylation is 1. The van der Waals surface area contributed by atoms with E-state index in [1.165, 1.54) is 17.5 Å². The average Bonchev–Trinajstić information content (AvgIpc) is 3.66. The molecule has 0 atom stereocenters. The molecule has 0 spiro atoms. The number of likely N-dealkylation sites (tertiary alicyclic amines) is 1. The fraction of sp³-hybridized carbons (Fsp3) is 0.407. The number of ether oxygens (including phenoxy) is 1. The predicted octanol–water partition coefficient (Wildman–Crippen LogP) is 4.30. The first-order chi connectivity index (χ1) is 17.5. The number of H-pyrrole nitrogens is 1. The summed E-state index contributed by atoms with van der Waals surface area (Å²) < 4.78 is 7.76. The number of hydrogen-bond acceptors (Lipinski definition) is 5. The van der Waals surface area contributed by atoms with Gasteiger partial charge in [-0.15, -0.1) is 0 Å². The Labute approximate surface area is 210 Å². The van der Waals surface area contributed by atoms with Crippen LogP contribution in [0.25, 0.3) is 33.5 Å². The zero-order valence-electron chi connectivity index (χ0n) is 21.0. The number of carbonyl (C=O) groups is 1. The molecule has 0 saturated carbocycles. The third-order valence-electron chi connectivity index (χ3n) is 7.49. The van der Waals surface area contributed by atoms with Gasteiger partial charge >= 0.3 is 6.03 Å². The van der Waals surface area contributed by atoms with Crippen molar-refractivity contribution in [2.45, 2.75) is 38.1 Å². The first-order valence-electron chi connectivity index (χ1n) is 12.6. The number of amides is 2. The lowest BCUT2D eigenvalue weighted by molar-refractivity contribution is 0.146. The van der Waals surface area contributed by atoms with Crippen LogP contribution in [0.5, 0.6) is 5.75 Å². The minimum absolute atomic E-state index is 0.0685. The molecule has 4 aromatic rings. The molecule has 9 heteroatoms. The van der Waals surface area contributed by atoms with Crippen LogP contribution in [0.4, 0.5) is 4.79 Å². The summed E-state index contributed by atoms with van der Waals surface area (Å²) in [7, 11) is 5.28. The van der Waals surface area contributed by atoms with Crippen molar-refractivity contribution in [2.75, 3.05) is 34.3 Å². The number of urea groups is 1. The first kappa shape index (κ1) is 22.6. The van der Waals surface area contributed by atoms with Crippen molar-refractivity contribution in [2.24, 2.45) is 0 Å². The molecule has 2 amide bonds. The Morgan fingerprint density at radius 3 is 2.78 bits per heavy atom. The summed E-state index contributed by atoms with van der Waals surface area (Å²) in [5.41, 5.74) is 8.14. The third-order valence-corrected chi connectivity index (χ3v) is 7.49. The number of aromatic amines is 1. The number of pyridine rings is 1. The minimum atomic E-state index is 0.0685. The quantitative estimate of drug-likeness (QED) is 0.465. The number of fused-ring (bicyclic) bond motifs is 2. The zero-order valence-corrected chi connectivity index (χ0v) is 21.0. The average molecular weight is 486 g/mol. The number of rotatable bonds is 4. The number of nitrogens with zero attached hydrogens (tertiary/aromatic N) is 6. The van der Waals surface area contributed by atoms with E-state index in [1.807, 2.05) is 21.8 Å². The fourth-order valence-corrected chi connectivity index (χ4v) is 5.59. The second-order valence-electron chi connectivity index (χ2n) is 9.91. The topological polar surface area (TPSA) is 92.2 Å². The molecule has 4 heterocycles. The lowest BCUT2D eigenvalue weighted by Crippen LogP contribution is -2.44. The van der Waals surface area contributed by atoms with Gasteiger partial charge in [-0.25, -0.2) is 9.78 Å². The molecule has 1 saturated heterocycles. The lowest BCUT2D eigenvalue weighted by Gasteiger charge is -2.33. The van der Waals surface area contributed by atoms with Crippen LogP contribution in [0, 0.1) is 0 Å². The summed E-state index contributed by atoms with van der Waals surface area (Å²) in [5, 5.41) is 12.4. The van der Waals surface area contributed by atoms with E-state index in [2.05, 4.69) is 39.7 Å². The summed E-state index contributed by atoms with van der Waals surface area (Å²) in [6.45, 7) is 1.46. The molecule has 36 heavy (non-hydrogen) atoms. The van der Waals surface area contributed by atoms with Gasteiger partial charge in [0, 0.05) is 50.6 Å². The van der Waals surface area contributed by atoms with Crippen molar-refractivity contribution in [3.05, 3.63) is 47.8 Å². The van der Waals surface area contributed by atoms with Crippen LogP contribution in [-0.4, -0.2) is 75.1 Å². The highest BCUT2D eigenvalue weighted by Crippen LogP contribution is 2.39. The zero-order chi connectivity index (χ0) is 24.8. The van der Waals surface area contributed by atoms with E-state index in [4.69, 9.17) is 9.72 Å². The van der Waals surface area contributed by atoms with E-state index in [-0.39, 0.29) is 12.1 Å². The number of carbonyl (C=O) groups excluding carboxylic acids is 1. The van der Waals surface area contributed by atoms with Crippen LogP contribution >= 0.6 is 0 Å². The summed E-state index contributed by atoms with van der Waals surface area (Å²) >= 11 is 0. The van der Waals surface area contributed by atoms with E-state index in [0.717, 1.165) is 78.1 Å². The molecule has 1 aromatic carbocycles. The Balaban J connectivity index is 1.32. The van der Waals surface area contributed by atoms with Gasteiger partial charge < -0.3 is 14.5 Å². The van der Waals surface area contributed by atoms with Crippen LogP contribution in [0.1, 0.15) is 36.4 Å². The lowest BCUT2D eigenvalue weighted by atomic mass is 9.99. The van der Waals surface area contributed by atoms with Gasteiger partial charge in [0.15, 0.2) is 0 Å². The molecule has 2 aliphatic rings. The Morgan fingerprint density at radius 2 is 2.00 bits per heavy atom. The third kappa shape index (κ3) is 3.79. The smallest absolute Gasteiger partial charge is 0.319 e. The second-order valence-corrected chi connectivity index (χ2v) is 9.91. The maximum absolute atomic E-state index is 12.3. The van der Waals surface area contributed by atoms with Crippen molar-refractivity contribution in [1.82, 2.24) is 34.8 Å². The van der Waals surface area contributed by atoms with Crippen molar-refractivity contribution < 1.29 is 9.53 Å². The highest BCUT2D eigenvalue weighted by Gasteiger charge is 2.26. The van der Waals surface area contributed by atoms with Gasteiger partial charge in [0.1, 0.15) is 22.7 Å². The fourth-order valence-electron chi connectivity index (χ4n) is 5.59.